The Morgan fingerprint density at radius 1 is 1.33 bits per heavy atom. The average Bonchev–Trinajstić information content (AvgIpc) is 2.70. The zero-order valence-electron chi connectivity index (χ0n) is 8.32. The second-order valence-corrected chi connectivity index (χ2v) is 4.26. The highest BCUT2D eigenvalue weighted by molar-refractivity contribution is 7.11. The van der Waals surface area contributed by atoms with Crippen LogP contribution in [0.4, 0.5) is 5.69 Å². The van der Waals surface area contributed by atoms with Gasteiger partial charge in [-0.25, -0.2) is 0 Å². The second-order valence-electron chi connectivity index (χ2n) is 3.35. The van der Waals surface area contributed by atoms with Crippen LogP contribution in [0, 0.1) is 18.3 Å². The van der Waals surface area contributed by atoms with Gasteiger partial charge in [-0.3, -0.25) is 0 Å². The van der Waals surface area contributed by atoms with Crippen LogP contribution in [-0.4, -0.2) is 0 Å². The van der Waals surface area contributed by atoms with Crippen molar-refractivity contribution in [2.45, 2.75) is 6.92 Å². The molecule has 2 aromatic rings. The first-order valence-electron chi connectivity index (χ1n) is 4.56. The van der Waals surface area contributed by atoms with Gasteiger partial charge in [0.2, 0.25) is 0 Å². The van der Waals surface area contributed by atoms with Gasteiger partial charge in [-0.15, -0.1) is 11.3 Å². The monoisotopic (exact) mass is 214 g/mol. The van der Waals surface area contributed by atoms with Crippen molar-refractivity contribution in [3.05, 3.63) is 40.1 Å². The quantitative estimate of drug-likeness (QED) is 0.741. The van der Waals surface area contributed by atoms with E-state index in [1.165, 1.54) is 11.3 Å². The minimum atomic E-state index is 0.734. The molecule has 0 aliphatic carbocycles. The smallest absolute Gasteiger partial charge is 0.112 e. The van der Waals surface area contributed by atoms with Gasteiger partial charge in [0.15, 0.2) is 0 Å². The first-order valence-corrected chi connectivity index (χ1v) is 5.44. The third-order valence-electron chi connectivity index (χ3n) is 2.36. The van der Waals surface area contributed by atoms with Crippen LogP contribution in [0.2, 0.25) is 0 Å². The molecular formula is C12H10N2S. The van der Waals surface area contributed by atoms with Crippen molar-refractivity contribution in [2.24, 2.45) is 0 Å². The van der Waals surface area contributed by atoms with Gasteiger partial charge in [0, 0.05) is 11.3 Å². The van der Waals surface area contributed by atoms with Crippen LogP contribution in [-0.2, 0) is 0 Å². The second kappa shape index (κ2) is 3.76. The molecule has 74 valence electrons. The van der Waals surface area contributed by atoms with Gasteiger partial charge in [-0.2, -0.15) is 5.26 Å². The largest absolute Gasteiger partial charge is 0.398 e. The number of hydrogen-bond acceptors (Lipinski definition) is 3. The van der Waals surface area contributed by atoms with Crippen molar-refractivity contribution in [2.75, 3.05) is 5.73 Å². The molecule has 2 rings (SSSR count). The number of nitriles is 1. The van der Waals surface area contributed by atoms with E-state index in [4.69, 9.17) is 11.0 Å². The summed E-state index contributed by atoms with van der Waals surface area (Å²) in [5, 5.41) is 10.8. The summed E-state index contributed by atoms with van der Waals surface area (Å²) in [6.45, 7) is 1.97. The van der Waals surface area contributed by atoms with Gasteiger partial charge in [-0.1, -0.05) is 12.1 Å². The number of thiophene rings is 1. The molecule has 2 N–H and O–H groups in total. The molecule has 0 radical (unpaired) electrons. The van der Waals surface area contributed by atoms with E-state index in [9.17, 15) is 0 Å². The van der Waals surface area contributed by atoms with E-state index >= 15 is 0 Å². The van der Waals surface area contributed by atoms with Gasteiger partial charge >= 0.3 is 0 Å². The molecule has 0 amide bonds. The summed E-state index contributed by atoms with van der Waals surface area (Å²) >= 11 is 1.45. The first kappa shape index (κ1) is 9.75. The van der Waals surface area contributed by atoms with Gasteiger partial charge in [-0.05, 0) is 35.6 Å². The maximum atomic E-state index is 8.92. The summed E-state index contributed by atoms with van der Waals surface area (Å²) in [6, 6.07) is 10.0. The maximum Gasteiger partial charge on any atom is 0.112 e. The fraction of sp³-hybridized carbons (Fsp3) is 0.0833. The highest BCUT2D eigenvalue weighted by Gasteiger charge is 2.06. The van der Waals surface area contributed by atoms with Crippen LogP contribution in [0.5, 0.6) is 0 Å². The third kappa shape index (κ3) is 1.72. The fourth-order valence-corrected chi connectivity index (χ4v) is 2.14. The zero-order chi connectivity index (χ0) is 10.8. The Morgan fingerprint density at radius 2 is 2.13 bits per heavy atom. The summed E-state index contributed by atoms with van der Waals surface area (Å²) in [5.41, 5.74) is 9.64. The minimum Gasteiger partial charge on any atom is -0.398 e. The Labute approximate surface area is 92.6 Å². The number of hydrogen-bond donors (Lipinski definition) is 1. The third-order valence-corrected chi connectivity index (χ3v) is 3.18. The Hall–Kier alpha value is -1.79. The number of nitrogens with zero attached hydrogens (tertiary/aromatic N) is 1. The van der Waals surface area contributed by atoms with E-state index < -0.39 is 0 Å². The van der Waals surface area contributed by atoms with Crippen molar-refractivity contribution in [3.8, 4) is 17.2 Å². The van der Waals surface area contributed by atoms with Crippen molar-refractivity contribution >= 4 is 17.0 Å². The molecule has 0 unspecified atom stereocenters. The van der Waals surface area contributed by atoms with E-state index in [0.29, 0.717) is 0 Å². The molecule has 0 aliphatic rings. The highest BCUT2D eigenvalue weighted by Crippen LogP contribution is 2.29. The Kier molecular flexibility index (Phi) is 2.44. The molecule has 0 aliphatic heterocycles. The van der Waals surface area contributed by atoms with Crippen molar-refractivity contribution in [3.63, 3.8) is 0 Å². The normalized spacial score (nSPS) is 9.87. The Morgan fingerprint density at radius 3 is 2.80 bits per heavy atom. The van der Waals surface area contributed by atoms with E-state index in [-0.39, 0.29) is 0 Å². The molecule has 1 aromatic heterocycles. The predicted molar refractivity (Wildman–Crippen MR) is 63.6 cm³/mol. The van der Waals surface area contributed by atoms with Gasteiger partial charge < -0.3 is 5.73 Å². The number of benzene rings is 1. The predicted octanol–water partition coefficient (Wildman–Crippen LogP) is 3.18. The number of nitrogens with two attached hydrogens (primary N) is 1. The van der Waals surface area contributed by atoms with E-state index in [2.05, 4.69) is 6.07 Å². The number of nitrogen functional groups attached to an aromatic ring is 1. The lowest BCUT2D eigenvalue weighted by Crippen LogP contribution is -1.89. The lowest BCUT2D eigenvalue weighted by atomic mass is 10.0. The van der Waals surface area contributed by atoms with E-state index in [1.807, 2.05) is 36.6 Å². The van der Waals surface area contributed by atoms with Gasteiger partial charge in [0.1, 0.15) is 10.9 Å². The van der Waals surface area contributed by atoms with E-state index in [0.717, 1.165) is 27.3 Å². The summed E-state index contributed by atoms with van der Waals surface area (Å²) < 4.78 is 0. The Balaban J connectivity index is 2.56. The molecule has 15 heavy (non-hydrogen) atoms. The molecule has 0 fully saturated rings. The molecular weight excluding hydrogens is 204 g/mol. The van der Waals surface area contributed by atoms with Crippen LogP contribution in [0.15, 0.2) is 29.6 Å². The topological polar surface area (TPSA) is 49.8 Å². The number of rotatable bonds is 1. The van der Waals surface area contributed by atoms with Gasteiger partial charge in [0.25, 0.3) is 0 Å². The van der Waals surface area contributed by atoms with Crippen molar-refractivity contribution in [1.29, 1.82) is 5.26 Å². The molecule has 3 heteroatoms. The molecule has 1 aromatic carbocycles. The average molecular weight is 214 g/mol. The van der Waals surface area contributed by atoms with Gasteiger partial charge in [0.05, 0.1) is 0 Å². The van der Waals surface area contributed by atoms with Crippen molar-refractivity contribution in [1.82, 2.24) is 0 Å². The Bertz CT molecular complexity index is 535. The molecule has 0 saturated carbocycles. The molecule has 0 atom stereocenters. The fourth-order valence-electron chi connectivity index (χ4n) is 1.43. The highest BCUT2D eigenvalue weighted by atomic mass is 32.1. The number of anilines is 1. The standard InChI is InChI=1S/C12H10N2S/c1-8-2-3-9(6-11(8)14)10-4-5-15-12(10)7-13/h2-6H,14H2,1H3. The molecule has 1 heterocycles. The van der Waals surface area contributed by atoms with Crippen LogP contribution >= 0.6 is 11.3 Å². The molecule has 2 nitrogen and oxygen atoms in total. The first-order chi connectivity index (χ1) is 7.22. The summed E-state index contributed by atoms with van der Waals surface area (Å²) in [6.07, 6.45) is 0. The van der Waals surface area contributed by atoms with Crippen molar-refractivity contribution < 1.29 is 0 Å². The summed E-state index contributed by atoms with van der Waals surface area (Å²) in [7, 11) is 0. The number of aryl methyl sites for hydroxylation is 1. The van der Waals surface area contributed by atoms with Crippen LogP contribution in [0.3, 0.4) is 0 Å². The summed E-state index contributed by atoms with van der Waals surface area (Å²) in [5.74, 6) is 0. The maximum absolute atomic E-state index is 8.92. The van der Waals surface area contributed by atoms with E-state index in [1.54, 1.807) is 0 Å². The van der Waals surface area contributed by atoms with Crippen LogP contribution in [0.1, 0.15) is 10.4 Å². The molecule has 0 bridgehead atoms. The van der Waals surface area contributed by atoms with Crippen LogP contribution < -0.4 is 5.73 Å². The SMILES string of the molecule is Cc1ccc(-c2ccsc2C#N)cc1N. The lowest BCUT2D eigenvalue weighted by Gasteiger charge is -2.03. The summed E-state index contributed by atoms with van der Waals surface area (Å²) in [4.78, 5) is 0.734. The van der Waals surface area contributed by atoms with Crippen LogP contribution in [0.25, 0.3) is 11.1 Å². The molecule has 0 saturated heterocycles. The molecule has 0 spiro atoms. The zero-order valence-corrected chi connectivity index (χ0v) is 9.14. The minimum absolute atomic E-state index is 0.734. The lowest BCUT2D eigenvalue weighted by molar-refractivity contribution is 1.47.